The summed E-state index contributed by atoms with van der Waals surface area (Å²) in [7, 11) is 0. The SMILES string of the molecule is Cc1ccc(/C=C2\SC(=S)N(CNc3ccccc3Cl)C2=O)o1. The van der Waals surface area contributed by atoms with Crippen molar-refractivity contribution in [3.63, 3.8) is 0 Å². The maximum atomic E-state index is 12.5. The second-order valence-corrected chi connectivity index (χ2v) is 6.96. The Morgan fingerprint density at radius 3 is 2.83 bits per heavy atom. The zero-order valence-electron chi connectivity index (χ0n) is 12.2. The van der Waals surface area contributed by atoms with Gasteiger partial charge < -0.3 is 9.73 Å². The van der Waals surface area contributed by atoms with Gasteiger partial charge in [-0.25, -0.2) is 0 Å². The molecule has 7 heteroatoms. The Bertz CT molecular complexity index is 801. The van der Waals surface area contributed by atoms with E-state index >= 15 is 0 Å². The van der Waals surface area contributed by atoms with E-state index < -0.39 is 0 Å². The highest BCUT2D eigenvalue weighted by Crippen LogP contribution is 2.33. The lowest BCUT2D eigenvalue weighted by Gasteiger charge is -2.16. The van der Waals surface area contributed by atoms with Crippen molar-refractivity contribution < 1.29 is 9.21 Å². The largest absolute Gasteiger partial charge is 0.462 e. The number of thiocarbonyl (C=S) groups is 1. The van der Waals surface area contributed by atoms with Crippen molar-refractivity contribution in [2.24, 2.45) is 0 Å². The van der Waals surface area contributed by atoms with Crippen LogP contribution in [0.15, 0.2) is 45.7 Å². The fraction of sp³-hybridized carbons (Fsp3) is 0.125. The van der Waals surface area contributed by atoms with Crippen molar-refractivity contribution in [1.82, 2.24) is 4.90 Å². The first-order valence-electron chi connectivity index (χ1n) is 6.85. The van der Waals surface area contributed by atoms with Crippen LogP contribution in [0.5, 0.6) is 0 Å². The second kappa shape index (κ2) is 6.78. The molecule has 118 valence electrons. The van der Waals surface area contributed by atoms with Crippen LogP contribution in [0.3, 0.4) is 0 Å². The molecule has 1 aromatic heterocycles. The highest BCUT2D eigenvalue weighted by Gasteiger charge is 2.32. The van der Waals surface area contributed by atoms with Crippen molar-refractivity contribution in [2.75, 3.05) is 12.0 Å². The van der Waals surface area contributed by atoms with Gasteiger partial charge in [0.25, 0.3) is 5.91 Å². The highest BCUT2D eigenvalue weighted by molar-refractivity contribution is 8.26. The van der Waals surface area contributed by atoms with Crippen molar-refractivity contribution >= 4 is 57.6 Å². The Kier molecular flexibility index (Phi) is 4.75. The quantitative estimate of drug-likeness (QED) is 0.638. The Morgan fingerprint density at radius 1 is 1.35 bits per heavy atom. The van der Waals surface area contributed by atoms with Gasteiger partial charge in [0.1, 0.15) is 15.8 Å². The molecule has 1 aliphatic rings. The number of thioether (sulfide) groups is 1. The number of nitrogens with one attached hydrogen (secondary N) is 1. The van der Waals surface area contributed by atoms with Crippen LogP contribution in [0.2, 0.25) is 5.02 Å². The summed E-state index contributed by atoms with van der Waals surface area (Å²) < 4.78 is 5.98. The van der Waals surface area contributed by atoms with E-state index in [1.54, 1.807) is 12.1 Å². The minimum absolute atomic E-state index is 0.145. The summed E-state index contributed by atoms with van der Waals surface area (Å²) in [4.78, 5) is 14.5. The van der Waals surface area contributed by atoms with Crippen LogP contribution in [0.25, 0.3) is 6.08 Å². The molecule has 0 spiro atoms. The summed E-state index contributed by atoms with van der Waals surface area (Å²) in [6.45, 7) is 2.12. The maximum absolute atomic E-state index is 12.5. The molecule has 0 aliphatic carbocycles. The second-order valence-electron chi connectivity index (χ2n) is 4.87. The molecule has 0 atom stereocenters. The van der Waals surface area contributed by atoms with Crippen LogP contribution in [0, 0.1) is 6.92 Å². The first-order chi connectivity index (χ1) is 11.0. The number of hydrogen-bond acceptors (Lipinski definition) is 5. The number of rotatable bonds is 4. The van der Waals surface area contributed by atoms with Crippen LogP contribution in [-0.2, 0) is 4.79 Å². The monoisotopic (exact) mass is 364 g/mol. The zero-order valence-corrected chi connectivity index (χ0v) is 14.6. The number of anilines is 1. The molecule has 1 N–H and O–H groups in total. The highest BCUT2D eigenvalue weighted by atomic mass is 35.5. The number of carbonyl (C=O) groups excluding carboxylic acids is 1. The van der Waals surface area contributed by atoms with E-state index in [2.05, 4.69) is 5.32 Å². The number of halogens is 1. The van der Waals surface area contributed by atoms with Gasteiger partial charge in [-0.2, -0.15) is 0 Å². The average Bonchev–Trinajstić information content (AvgIpc) is 3.04. The van der Waals surface area contributed by atoms with Gasteiger partial charge in [0.05, 0.1) is 22.3 Å². The van der Waals surface area contributed by atoms with Crippen LogP contribution < -0.4 is 5.32 Å². The molecule has 1 aliphatic heterocycles. The molecule has 0 unspecified atom stereocenters. The van der Waals surface area contributed by atoms with E-state index in [-0.39, 0.29) is 12.6 Å². The molecule has 2 aromatic rings. The minimum atomic E-state index is -0.145. The first-order valence-corrected chi connectivity index (χ1v) is 8.45. The molecule has 1 saturated heterocycles. The molecule has 1 amide bonds. The number of para-hydroxylation sites is 1. The lowest BCUT2D eigenvalue weighted by atomic mass is 10.3. The van der Waals surface area contributed by atoms with Gasteiger partial charge in [-0.15, -0.1) is 0 Å². The molecule has 4 nitrogen and oxygen atoms in total. The van der Waals surface area contributed by atoms with Gasteiger partial charge in [-0.3, -0.25) is 9.69 Å². The van der Waals surface area contributed by atoms with Crippen LogP contribution >= 0.6 is 35.6 Å². The molecule has 2 heterocycles. The van der Waals surface area contributed by atoms with Gasteiger partial charge >= 0.3 is 0 Å². The predicted molar refractivity (Wildman–Crippen MR) is 98.4 cm³/mol. The minimum Gasteiger partial charge on any atom is -0.462 e. The van der Waals surface area contributed by atoms with Gasteiger partial charge in [-0.1, -0.05) is 47.7 Å². The fourth-order valence-corrected chi connectivity index (χ4v) is 3.50. The van der Waals surface area contributed by atoms with Crippen molar-refractivity contribution in [3.05, 3.63) is 57.8 Å². The summed E-state index contributed by atoms with van der Waals surface area (Å²) in [6, 6.07) is 11.0. The van der Waals surface area contributed by atoms with Crippen molar-refractivity contribution in [2.45, 2.75) is 6.92 Å². The van der Waals surface area contributed by atoms with Crippen LogP contribution in [-0.4, -0.2) is 21.8 Å². The molecule has 3 rings (SSSR count). The number of benzene rings is 1. The number of amides is 1. The molecule has 1 fully saturated rings. The topological polar surface area (TPSA) is 45.5 Å². The maximum Gasteiger partial charge on any atom is 0.267 e. The third kappa shape index (κ3) is 3.60. The molecule has 1 aromatic carbocycles. The Labute approximate surface area is 148 Å². The van der Waals surface area contributed by atoms with E-state index in [0.717, 1.165) is 11.4 Å². The van der Waals surface area contributed by atoms with Gasteiger partial charge in [-0.05, 0) is 31.2 Å². The number of nitrogens with zero attached hydrogens (tertiary/aromatic N) is 1. The standard InChI is InChI=1S/C16H13ClN2O2S2/c1-10-6-7-11(21-10)8-14-15(20)19(16(22)23-14)9-18-13-5-3-2-4-12(13)17/h2-8,18H,9H2,1H3/b14-8-. The predicted octanol–water partition coefficient (Wildman–Crippen LogP) is 4.51. The summed E-state index contributed by atoms with van der Waals surface area (Å²) in [5.41, 5.74) is 0.758. The number of carbonyl (C=O) groups is 1. The Balaban J connectivity index is 1.72. The third-order valence-corrected chi connectivity index (χ3v) is 4.92. The summed E-state index contributed by atoms with van der Waals surface area (Å²) in [5.74, 6) is 1.29. The number of aryl methyl sites for hydroxylation is 1. The lowest BCUT2D eigenvalue weighted by molar-refractivity contribution is -0.121. The van der Waals surface area contributed by atoms with E-state index in [9.17, 15) is 4.79 Å². The zero-order chi connectivity index (χ0) is 16.4. The normalized spacial score (nSPS) is 16.4. The van der Waals surface area contributed by atoms with Crippen molar-refractivity contribution in [1.29, 1.82) is 0 Å². The van der Waals surface area contributed by atoms with E-state index in [1.165, 1.54) is 16.7 Å². The van der Waals surface area contributed by atoms with Gasteiger partial charge in [0.2, 0.25) is 0 Å². The molecule has 0 bridgehead atoms. The Hall–Kier alpha value is -1.76. The van der Waals surface area contributed by atoms with Crippen LogP contribution in [0.1, 0.15) is 11.5 Å². The molecule has 0 radical (unpaired) electrons. The van der Waals surface area contributed by atoms with E-state index in [1.807, 2.05) is 37.3 Å². The molecule has 0 saturated carbocycles. The van der Waals surface area contributed by atoms with Gasteiger partial charge in [0, 0.05) is 6.08 Å². The number of hydrogen-bond donors (Lipinski definition) is 1. The Morgan fingerprint density at radius 2 is 2.13 bits per heavy atom. The smallest absolute Gasteiger partial charge is 0.267 e. The van der Waals surface area contributed by atoms with E-state index in [0.29, 0.717) is 20.0 Å². The fourth-order valence-electron chi connectivity index (χ4n) is 2.07. The van der Waals surface area contributed by atoms with Crippen molar-refractivity contribution in [3.8, 4) is 0 Å². The number of furan rings is 1. The third-order valence-electron chi connectivity index (χ3n) is 3.21. The van der Waals surface area contributed by atoms with Gasteiger partial charge in [0.15, 0.2) is 0 Å². The molecule has 23 heavy (non-hydrogen) atoms. The molecular formula is C16H13ClN2O2S2. The summed E-state index contributed by atoms with van der Waals surface area (Å²) in [5, 5.41) is 3.72. The summed E-state index contributed by atoms with van der Waals surface area (Å²) in [6.07, 6.45) is 1.71. The lowest BCUT2D eigenvalue weighted by Crippen LogP contribution is -2.33. The van der Waals surface area contributed by atoms with Crippen LogP contribution in [0.4, 0.5) is 5.69 Å². The average molecular weight is 365 g/mol. The molecular weight excluding hydrogens is 352 g/mol. The summed E-state index contributed by atoms with van der Waals surface area (Å²) >= 11 is 12.6. The first kappa shape index (κ1) is 16.1. The van der Waals surface area contributed by atoms with E-state index in [4.69, 9.17) is 28.2 Å².